The van der Waals surface area contributed by atoms with Gasteiger partial charge in [-0.1, -0.05) is 12.1 Å². The summed E-state index contributed by atoms with van der Waals surface area (Å²) in [5, 5.41) is 3.07. The van der Waals surface area contributed by atoms with Gasteiger partial charge in [0.1, 0.15) is 12.9 Å². The molecule has 3 aromatic rings. The van der Waals surface area contributed by atoms with Crippen molar-refractivity contribution < 1.29 is 18.3 Å². The Morgan fingerprint density at radius 2 is 2.00 bits per heavy atom. The standard InChI is InChI=1S/C19H21F2N7O2/c1-19(20,21)14-3-5-16(6-4-14)28-10-15(25-12-28)9-22-17-23-11-24-18(26-17)27(2)7-8-30-13-29/h3-6,10-13H,7-9H2,1-2H3,(H,22,23,24,26). The van der Waals surface area contributed by atoms with Crippen molar-refractivity contribution in [2.75, 3.05) is 30.4 Å². The molecule has 0 unspecified atom stereocenters. The van der Waals surface area contributed by atoms with E-state index in [9.17, 15) is 13.6 Å². The molecule has 0 fully saturated rings. The fourth-order valence-electron chi connectivity index (χ4n) is 2.59. The van der Waals surface area contributed by atoms with Crippen LogP contribution in [0, 0.1) is 0 Å². The Balaban J connectivity index is 1.60. The van der Waals surface area contributed by atoms with Gasteiger partial charge in [0.2, 0.25) is 11.9 Å². The summed E-state index contributed by atoms with van der Waals surface area (Å²) in [6.07, 6.45) is 4.78. The number of carbonyl (C=O) groups is 1. The first-order valence-electron chi connectivity index (χ1n) is 9.07. The van der Waals surface area contributed by atoms with Crippen molar-refractivity contribution in [3.05, 3.63) is 54.4 Å². The van der Waals surface area contributed by atoms with Crippen LogP contribution in [0.15, 0.2) is 43.1 Å². The van der Waals surface area contributed by atoms with Crippen LogP contribution in [0.2, 0.25) is 0 Å². The van der Waals surface area contributed by atoms with Crippen LogP contribution in [-0.2, 0) is 22.0 Å². The van der Waals surface area contributed by atoms with Crippen LogP contribution in [0.25, 0.3) is 5.69 Å². The summed E-state index contributed by atoms with van der Waals surface area (Å²) in [4.78, 5) is 28.7. The summed E-state index contributed by atoms with van der Waals surface area (Å²) in [6.45, 7) is 2.28. The Morgan fingerprint density at radius 1 is 1.23 bits per heavy atom. The molecule has 3 rings (SSSR count). The average Bonchev–Trinajstić information content (AvgIpc) is 3.21. The van der Waals surface area contributed by atoms with Crippen LogP contribution in [0.1, 0.15) is 18.2 Å². The van der Waals surface area contributed by atoms with Gasteiger partial charge in [0, 0.05) is 31.4 Å². The molecule has 0 aliphatic heterocycles. The normalized spacial score (nSPS) is 11.2. The quantitative estimate of drug-likeness (QED) is 0.397. The van der Waals surface area contributed by atoms with E-state index in [0.29, 0.717) is 31.5 Å². The molecule has 0 bridgehead atoms. The molecule has 9 nitrogen and oxygen atoms in total. The molecular weight excluding hydrogens is 396 g/mol. The van der Waals surface area contributed by atoms with Crippen molar-refractivity contribution in [1.82, 2.24) is 24.5 Å². The summed E-state index contributed by atoms with van der Waals surface area (Å²) in [5.74, 6) is -2.07. The van der Waals surface area contributed by atoms with Crippen molar-refractivity contribution >= 4 is 18.4 Å². The smallest absolute Gasteiger partial charge is 0.293 e. The first-order chi connectivity index (χ1) is 14.4. The minimum Gasteiger partial charge on any atom is -0.466 e. The van der Waals surface area contributed by atoms with Gasteiger partial charge in [0.15, 0.2) is 0 Å². The number of nitrogens with one attached hydrogen (secondary N) is 1. The summed E-state index contributed by atoms with van der Waals surface area (Å²) in [5.41, 5.74) is 1.40. The third-order valence-corrected chi connectivity index (χ3v) is 4.25. The number of alkyl halides is 2. The molecule has 0 amide bonds. The van der Waals surface area contributed by atoms with Gasteiger partial charge in [-0.2, -0.15) is 4.98 Å². The van der Waals surface area contributed by atoms with Crippen molar-refractivity contribution in [3.8, 4) is 5.69 Å². The zero-order chi connectivity index (χ0) is 21.6. The second kappa shape index (κ2) is 9.25. The summed E-state index contributed by atoms with van der Waals surface area (Å²) in [6, 6.07) is 6.04. The number of hydrogen-bond acceptors (Lipinski definition) is 8. The zero-order valence-electron chi connectivity index (χ0n) is 16.5. The summed E-state index contributed by atoms with van der Waals surface area (Å²) in [7, 11) is 1.77. The number of halogens is 2. The highest BCUT2D eigenvalue weighted by molar-refractivity contribution is 5.38. The Bertz CT molecular complexity index is 974. The maximum atomic E-state index is 13.3. The number of aromatic nitrogens is 5. The lowest BCUT2D eigenvalue weighted by molar-refractivity contribution is -0.128. The number of nitrogens with zero attached hydrogens (tertiary/aromatic N) is 6. The van der Waals surface area contributed by atoms with E-state index < -0.39 is 5.92 Å². The number of rotatable bonds is 10. The lowest BCUT2D eigenvalue weighted by atomic mass is 10.1. The molecule has 0 saturated carbocycles. The lowest BCUT2D eigenvalue weighted by Gasteiger charge is -2.16. The lowest BCUT2D eigenvalue weighted by Crippen LogP contribution is -2.25. The van der Waals surface area contributed by atoms with Gasteiger partial charge in [-0.25, -0.2) is 23.7 Å². The zero-order valence-corrected chi connectivity index (χ0v) is 16.5. The van der Waals surface area contributed by atoms with Gasteiger partial charge in [0.05, 0.1) is 25.1 Å². The van der Waals surface area contributed by atoms with Crippen LogP contribution in [0.3, 0.4) is 0 Å². The largest absolute Gasteiger partial charge is 0.466 e. The number of benzene rings is 1. The van der Waals surface area contributed by atoms with Gasteiger partial charge in [-0.3, -0.25) is 4.79 Å². The molecule has 0 aliphatic carbocycles. The molecule has 1 aromatic carbocycles. The molecule has 0 radical (unpaired) electrons. The van der Waals surface area contributed by atoms with Gasteiger partial charge >= 0.3 is 0 Å². The first kappa shape index (κ1) is 21.1. The predicted molar refractivity (Wildman–Crippen MR) is 106 cm³/mol. The monoisotopic (exact) mass is 417 g/mol. The first-order valence-corrected chi connectivity index (χ1v) is 9.07. The Morgan fingerprint density at radius 3 is 2.70 bits per heavy atom. The number of hydrogen-bond donors (Lipinski definition) is 1. The SMILES string of the molecule is CN(CCOC=O)c1ncnc(NCc2cn(-c3ccc(C(C)(F)F)cc3)cn2)n1. The van der Waals surface area contributed by atoms with Crippen molar-refractivity contribution in [1.29, 1.82) is 0 Å². The number of carbonyl (C=O) groups excluding carboxylic acids is 1. The third kappa shape index (κ3) is 5.46. The number of ether oxygens (including phenoxy) is 1. The van der Waals surface area contributed by atoms with E-state index in [4.69, 9.17) is 0 Å². The second-order valence-corrected chi connectivity index (χ2v) is 6.56. The van der Waals surface area contributed by atoms with E-state index in [2.05, 4.69) is 30.0 Å². The van der Waals surface area contributed by atoms with Gasteiger partial charge in [-0.05, 0) is 12.1 Å². The molecular formula is C19H21F2N7O2. The molecule has 30 heavy (non-hydrogen) atoms. The topological polar surface area (TPSA) is 98.1 Å². The van der Waals surface area contributed by atoms with Crippen LogP contribution >= 0.6 is 0 Å². The van der Waals surface area contributed by atoms with Gasteiger partial charge < -0.3 is 19.5 Å². The number of anilines is 2. The number of imidazole rings is 1. The third-order valence-electron chi connectivity index (χ3n) is 4.25. The van der Waals surface area contributed by atoms with E-state index in [1.54, 1.807) is 41.2 Å². The minimum atomic E-state index is -2.87. The second-order valence-electron chi connectivity index (χ2n) is 6.56. The summed E-state index contributed by atoms with van der Waals surface area (Å²) < 4.78 is 33.1. The van der Waals surface area contributed by atoms with E-state index in [1.165, 1.54) is 18.5 Å². The molecule has 2 aromatic heterocycles. The van der Waals surface area contributed by atoms with Gasteiger partial charge in [-0.15, -0.1) is 0 Å². The fraction of sp³-hybridized carbons (Fsp3) is 0.316. The Labute approximate surface area is 171 Å². The van der Waals surface area contributed by atoms with Crippen LogP contribution in [0.4, 0.5) is 20.7 Å². The van der Waals surface area contributed by atoms with E-state index >= 15 is 0 Å². The number of likely N-dealkylation sites (N-methyl/N-ethyl adjacent to an activating group) is 1. The highest BCUT2D eigenvalue weighted by Gasteiger charge is 2.23. The van der Waals surface area contributed by atoms with E-state index in [0.717, 1.165) is 18.3 Å². The Hall–Kier alpha value is -3.63. The van der Waals surface area contributed by atoms with Crippen LogP contribution in [0.5, 0.6) is 0 Å². The fourth-order valence-corrected chi connectivity index (χ4v) is 2.59. The molecule has 2 heterocycles. The maximum absolute atomic E-state index is 13.3. The van der Waals surface area contributed by atoms with Crippen molar-refractivity contribution in [2.24, 2.45) is 0 Å². The molecule has 0 saturated heterocycles. The van der Waals surface area contributed by atoms with Crippen molar-refractivity contribution in [3.63, 3.8) is 0 Å². The van der Waals surface area contributed by atoms with E-state index in [-0.39, 0.29) is 12.2 Å². The highest BCUT2D eigenvalue weighted by atomic mass is 19.3. The molecule has 158 valence electrons. The molecule has 11 heteroatoms. The molecule has 1 N–H and O–H groups in total. The minimum absolute atomic E-state index is 0.0402. The predicted octanol–water partition coefficient (Wildman–Crippen LogP) is 2.39. The average molecular weight is 417 g/mol. The summed E-state index contributed by atoms with van der Waals surface area (Å²) >= 11 is 0. The maximum Gasteiger partial charge on any atom is 0.293 e. The van der Waals surface area contributed by atoms with Crippen molar-refractivity contribution in [2.45, 2.75) is 19.4 Å². The van der Waals surface area contributed by atoms with Crippen LogP contribution in [-0.4, -0.2) is 51.2 Å². The molecule has 0 aliphatic rings. The van der Waals surface area contributed by atoms with Crippen LogP contribution < -0.4 is 10.2 Å². The highest BCUT2D eigenvalue weighted by Crippen LogP contribution is 2.27. The van der Waals surface area contributed by atoms with E-state index in [1.807, 2.05) is 0 Å². The Kier molecular flexibility index (Phi) is 6.50. The molecule has 0 spiro atoms. The van der Waals surface area contributed by atoms with Gasteiger partial charge in [0.25, 0.3) is 12.4 Å². The molecule has 0 atom stereocenters.